The topological polar surface area (TPSA) is 97.7 Å². The number of nitro benzene ring substituents is 1. The van der Waals surface area contributed by atoms with Crippen LogP contribution in [0, 0.1) is 10.1 Å². The van der Waals surface area contributed by atoms with Crippen molar-refractivity contribution in [1.29, 1.82) is 0 Å². The summed E-state index contributed by atoms with van der Waals surface area (Å²) in [7, 11) is 0. The number of nitrogens with one attached hydrogen (secondary N) is 1. The minimum absolute atomic E-state index is 0.00441. The molecular formula is C14H9N3O4S. The highest BCUT2D eigenvalue weighted by molar-refractivity contribution is 7.20. The molecule has 0 radical (unpaired) electrons. The maximum absolute atomic E-state index is 12.0. The molecule has 0 unspecified atom stereocenters. The van der Waals surface area contributed by atoms with Gasteiger partial charge < -0.3 is 4.42 Å². The fourth-order valence-corrected chi connectivity index (χ4v) is 2.76. The van der Waals surface area contributed by atoms with Crippen LogP contribution in [0.25, 0.3) is 10.1 Å². The largest absolute Gasteiger partial charge is 0.472 e. The number of carbonyl (C=O) groups is 1. The smallest absolute Gasteiger partial charge is 0.281 e. The van der Waals surface area contributed by atoms with Gasteiger partial charge in [-0.2, -0.15) is 5.10 Å². The van der Waals surface area contributed by atoms with Gasteiger partial charge in [0.25, 0.3) is 11.6 Å². The average Bonchev–Trinajstić information content (AvgIpc) is 3.15. The van der Waals surface area contributed by atoms with Gasteiger partial charge in [-0.05, 0) is 18.2 Å². The number of hydrogen-bond donors (Lipinski definition) is 1. The highest BCUT2D eigenvalue weighted by atomic mass is 32.1. The van der Waals surface area contributed by atoms with Crippen LogP contribution < -0.4 is 5.43 Å². The van der Waals surface area contributed by atoms with Crippen LogP contribution in [0.2, 0.25) is 0 Å². The molecule has 0 saturated heterocycles. The molecule has 22 heavy (non-hydrogen) atoms. The van der Waals surface area contributed by atoms with Crippen molar-refractivity contribution in [3.8, 4) is 0 Å². The Morgan fingerprint density at radius 1 is 1.36 bits per heavy atom. The number of non-ortho nitro benzene ring substituents is 1. The van der Waals surface area contributed by atoms with Crippen molar-refractivity contribution in [3.05, 3.63) is 63.4 Å². The second kappa shape index (κ2) is 5.78. The number of hydrazone groups is 1. The van der Waals surface area contributed by atoms with Gasteiger partial charge in [-0.3, -0.25) is 14.9 Å². The van der Waals surface area contributed by atoms with Gasteiger partial charge in [-0.15, -0.1) is 11.3 Å². The summed E-state index contributed by atoms with van der Waals surface area (Å²) in [5.41, 5.74) is 3.13. The lowest BCUT2D eigenvalue weighted by Crippen LogP contribution is -2.15. The molecule has 1 aromatic carbocycles. The summed E-state index contributed by atoms with van der Waals surface area (Å²) in [6.07, 6.45) is 4.45. The second-order valence-electron chi connectivity index (χ2n) is 4.35. The van der Waals surface area contributed by atoms with Crippen molar-refractivity contribution in [2.45, 2.75) is 0 Å². The predicted octanol–water partition coefficient (Wildman–Crippen LogP) is 3.17. The number of nitrogens with zero attached hydrogens (tertiary/aromatic N) is 2. The summed E-state index contributed by atoms with van der Waals surface area (Å²) in [5.74, 6) is -0.372. The maximum atomic E-state index is 12.0. The Kier molecular flexibility index (Phi) is 3.67. The second-order valence-corrected chi connectivity index (χ2v) is 5.43. The summed E-state index contributed by atoms with van der Waals surface area (Å²) >= 11 is 1.25. The number of fused-ring (bicyclic) bond motifs is 1. The number of amides is 1. The molecule has 1 N–H and O–H groups in total. The Morgan fingerprint density at radius 3 is 2.95 bits per heavy atom. The van der Waals surface area contributed by atoms with Gasteiger partial charge >= 0.3 is 0 Å². The van der Waals surface area contributed by atoms with Crippen LogP contribution in [0.1, 0.15) is 15.2 Å². The number of rotatable bonds is 4. The summed E-state index contributed by atoms with van der Waals surface area (Å²) in [6.45, 7) is 0. The van der Waals surface area contributed by atoms with Gasteiger partial charge in [0, 0.05) is 27.8 Å². The number of furan rings is 1. The molecule has 7 nitrogen and oxygen atoms in total. The standard InChI is InChI=1S/C14H9N3O4S/c18-14(16-15-7-9-3-4-21-8-9)13-6-10-5-11(17(19)20)1-2-12(10)22-13/h1-8H,(H,16,18). The fourth-order valence-electron chi connectivity index (χ4n) is 1.83. The monoisotopic (exact) mass is 315 g/mol. The number of nitro groups is 1. The van der Waals surface area contributed by atoms with Crippen LogP contribution >= 0.6 is 11.3 Å². The summed E-state index contributed by atoms with van der Waals surface area (Å²) in [4.78, 5) is 22.7. The third-order valence-electron chi connectivity index (χ3n) is 2.86. The maximum Gasteiger partial charge on any atom is 0.281 e. The Morgan fingerprint density at radius 2 is 2.23 bits per heavy atom. The van der Waals surface area contributed by atoms with Crippen molar-refractivity contribution in [3.63, 3.8) is 0 Å². The first-order valence-corrected chi connectivity index (χ1v) is 6.99. The van der Waals surface area contributed by atoms with E-state index in [0.29, 0.717) is 10.3 Å². The van der Waals surface area contributed by atoms with Gasteiger partial charge in [0.2, 0.25) is 0 Å². The van der Waals surface area contributed by atoms with E-state index in [4.69, 9.17) is 4.42 Å². The van der Waals surface area contributed by atoms with Gasteiger partial charge in [0.05, 0.1) is 28.5 Å². The molecule has 0 fully saturated rings. The zero-order valence-electron chi connectivity index (χ0n) is 11.1. The average molecular weight is 315 g/mol. The van der Waals surface area contributed by atoms with E-state index < -0.39 is 4.92 Å². The zero-order valence-corrected chi connectivity index (χ0v) is 11.9. The lowest BCUT2D eigenvalue weighted by Gasteiger charge is -1.93. The molecule has 110 valence electrons. The van der Waals surface area contributed by atoms with Crippen LogP contribution in [0.15, 0.2) is 52.4 Å². The molecule has 0 atom stereocenters. The van der Waals surface area contributed by atoms with Gasteiger partial charge in [-0.1, -0.05) is 0 Å². The van der Waals surface area contributed by atoms with Crippen LogP contribution in [-0.2, 0) is 0 Å². The normalized spacial score (nSPS) is 11.1. The van der Waals surface area contributed by atoms with Crippen LogP contribution in [-0.4, -0.2) is 17.0 Å². The minimum atomic E-state index is -0.466. The Balaban J connectivity index is 1.77. The SMILES string of the molecule is O=C(NN=Cc1ccoc1)c1cc2cc([N+](=O)[O-])ccc2s1. The quantitative estimate of drug-likeness (QED) is 0.454. The lowest BCUT2D eigenvalue weighted by molar-refractivity contribution is -0.384. The van der Waals surface area contributed by atoms with Gasteiger partial charge in [0.1, 0.15) is 0 Å². The zero-order chi connectivity index (χ0) is 15.5. The molecule has 8 heteroatoms. The summed E-state index contributed by atoms with van der Waals surface area (Å²) < 4.78 is 5.67. The molecule has 2 heterocycles. The molecular weight excluding hydrogens is 306 g/mol. The molecule has 1 amide bonds. The van der Waals surface area contributed by atoms with Crippen molar-refractivity contribution < 1.29 is 14.1 Å². The molecule has 0 spiro atoms. The van der Waals surface area contributed by atoms with E-state index in [1.165, 1.54) is 42.2 Å². The Hall–Kier alpha value is -3.00. The molecule has 0 saturated carbocycles. The van der Waals surface area contributed by atoms with Crippen LogP contribution in [0.5, 0.6) is 0 Å². The molecule has 0 aliphatic rings. The molecule has 0 bridgehead atoms. The van der Waals surface area contributed by atoms with E-state index in [1.54, 1.807) is 18.2 Å². The van der Waals surface area contributed by atoms with Crippen molar-refractivity contribution in [2.75, 3.05) is 0 Å². The number of hydrogen-bond acceptors (Lipinski definition) is 6. The number of benzene rings is 1. The third-order valence-corrected chi connectivity index (χ3v) is 3.97. The number of carbonyl (C=O) groups excluding carboxylic acids is 1. The van der Waals surface area contributed by atoms with Gasteiger partial charge in [-0.25, -0.2) is 5.43 Å². The molecule has 2 aromatic heterocycles. The first kappa shape index (κ1) is 14.0. The van der Waals surface area contributed by atoms with E-state index in [2.05, 4.69) is 10.5 Å². The highest BCUT2D eigenvalue weighted by Crippen LogP contribution is 2.28. The first-order chi connectivity index (χ1) is 10.6. The van der Waals surface area contributed by atoms with E-state index in [9.17, 15) is 14.9 Å². The van der Waals surface area contributed by atoms with Crippen molar-refractivity contribution in [1.82, 2.24) is 5.43 Å². The lowest BCUT2D eigenvalue weighted by atomic mass is 10.2. The Bertz CT molecular complexity index is 867. The third kappa shape index (κ3) is 2.86. The van der Waals surface area contributed by atoms with Crippen molar-refractivity contribution in [2.24, 2.45) is 5.10 Å². The van der Waals surface area contributed by atoms with Crippen LogP contribution in [0.3, 0.4) is 0 Å². The molecule has 0 aliphatic heterocycles. The highest BCUT2D eigenvalue weighted by Gasteiger charge is 2.12. The molecule has 0 aliphatic carbocycles. The summed E-state index contributed by atoms with van der Waals surface area (Å²) in [5, 5.41) is 15.2. The minimum Gasteiger partial charge on any atom is -0.472 e. The Labute approximate surface area is 128 Å². The fraction of sp³-hybridized carbons (Fsp3) is 0. The predicted molar refractivity (Wildman–Crippen MR) is 82.2 cm³/mol. The van der Waals surface area contributed by atoms with Crippen molar-refractivity contribution >= 4 is 39.2 Å². The van der Waals surface area contributed by atoms with Gasteiger partial charge in [0.15, 0.2) is 0 Å². The van der Waals surface area contributed by atoms with E-state index in [-0.39, 0.29) is 11.6 Å². The van der Waals surface area contributed by atoms with E-state index in [0.717, 1.165) is 10.3 Å². The molecule has 3 rings (SSSR count). The molecule has 3 aromatic rings. The first-order valence-electron chi connectivity index (χ1n) is 6.17. The van der Waals surface area contributed by atoms with Crippen LogP contribution in [0.4, 0.5) is 5.69 Å². The van der Waals surface area contributed by atoms with E-state index in [1.807, 2.05) is 0 Å². The van der Waals surface area contributed by atoms with E-state index >= 15 is 0 Å². The number of thiophene rings is 1. The summed E-state index contributed by atoms with van der Waals surface area (Å²) in [6, 6.07) is 7.79.